The molecule has 2 aromatic carbocycles. The molecule has 0 saturated carbocycles. The Bertz CT molecular complexity index is 1020. The number of aromatic nitrogens is 3. The summed E-state index contributed by atoms with van der Waals surface area (Å²) in [7, 11) is 5.02. The van der Waals surface area contributed by atoms with E-state index in [1.807, 2.05) is 30.0 Å². The van der Waals surface area contributed by atoms with E-state index in [0.29, 0.717) is 23.4 Å². The van der Waals surface area contributed by atoms with Crippen LogP contribution >= 0.6 is 11.8 Å². The van der Waals surface area contributed by atoms with Crippen LogP contribution in [0.1, 0.15) is 35.6 Å². The lowest BCUT2D eigenvalue weighted by Crippen LogP contribution is -2.09. The lowest BCUT2D eigenvalue weighted by Gasteiger charge is -2.24. The SMILES string of the molecule is COCCCn1c(SC2CCCc3ccccc32)nnc1-c1ccc(OC)c(OC)c1. The Morgan fingerprint density at radius 1 is 1.03 bits per heavy atom. The molecule has 1 aliphatic rings. The van der Waals surface area contributed by atoms with Gasteiger partial charge in [0.1, 0.15) is 0 Å². The van der Waals surface area contributed by atoms with Gasteiger partial charge in [0.05, 0.1) is 14.2 Å². The molecule has 6 nitrogen and oxygen atoms in total. The number of hydrogen-bond acceptors (Lipinski definition) is 6. The van der Waals surface area contributed by atoms with Crippen LogP contribution in [-0.4, -0.2) is 42.7 Å². The van der Waals surface area contributed by atoms with Gasteiger partial charge in [-0.2, -0.15) is 0 Å². The number of hydrogen-bond donors (Lipinski definition) is 0. The molecule has 0 bridgehead atoms. The van der Waals surface area contributed by atoms with E-state index in [4.69, 9.17) is 14.2 Å². The van der Waals surface area contributed by atoms with Crippen molar-refractivity contribution in [2.45, 2.75) is 42.6 Å². The average molecular weight is 440 g/mol. The molecule has 1 aliphatic carbocycles. The minimum Gasteiger partial charge on any atom is -0.493 e. The zero-order valence-electron chi connectivity index (χ0n) is 18.3. The van der Waals surface area contributed by atoms with E-state index in [1.54, 1.807) is 21.3 Å². The van der Waals surface area contributed by atoms with Crippen LogP contribution in [0.5, 0.6) is 11.5 Å². The van der Waals surface area contributed by atoms with Gasteiger partial charge in [-0.15, -0.1) is 10.2 Å². The maximum absolute atomic E-state index is 5.50. The molecule has 164 valence electrons. The molecule has 0 N–H and O–H groups in total. The molecule has 7 heteroatoms. The fourth-order valence-electron chi connectivity index (χ4n) is 4.09. The van der Waals surface area contributed by atoms with Crippen molar-refractivity contribution in [3.05, 3.63) is 53.6 Å². The van der Waals surface area contributed by atoms with Gasteiger partial charge in [-0.25, -0.2) is 0 Å². The minimum atomic E-state index is 0.397. The van der Waals surface area contributed by atoms with Crippen molar-refractivity contribution in [3.63, 3.8) is 0 Å². The summed E-state index contributed by atoms with van der Waals surface area (Å²) in [5, 5.41) is 10.5. The summed E-state index contributed by atoms with van der Waals surface area (Å²) in [4.78, 5) is 0. The Kier molecular flexibility index (Phi) is 7.14. The first kappa shape index (κ1) is 21.7. The lowest BCUT2D eigenvalue weighted by molar-refractivity contribution is 0.189. The van der Waals surface area contributed by atoms with Crippen LogP contribution in [0.25, 0.3) is 11.4 Å². The molecule has 1 heterocycles. The maximum atomic E-state index is 5.50. The standard InChI is InChI=1S/C24H29N3O3S/c1-28-15-7-14-27-23(18-12-13-20(29-2)21(16-18)30-3)25-26-24(27)31-22-11-6-9-17-8-4-5-10-19(17)22/h4-5,8,10,12-13,16,22H,6-7,9,11,14-15H2,1-3H3. The fraction of sp³-hybridized carbons (Fsp3) is 0.417. The van der Waals surface area contributed by atoms with E-state index < -0.39 is 0 Å². The van der Waals surface area contributed by atoms with Crippen molar-refractivity contribution in [1.29, 1.82) is 0 Å². The molecule has 1 unspecified atom stereocenters. The van der Waals surface area contributed by atoms with E-state index in [-0.39, 0.29) is 0 Å². The second kappa shape index (κ2) is 10.2. The van der Waals surface area contributed by atoms with Crippen LogP contribution in [0.3, 0.4) is 0 Å². The molecule has 0 saturated heterocycles. The molecule has 0 aliphatic heterocycles. The summed E-state index contributed by atoms with van der Waals surface area (Å²) in [5.41, 5.74) is 3.84. The molecule has 1 atom stereocenters. The van der Waals surface area contributed by atoms with Gasteiger partial charge in [-0.1, -0.05) is 36.0 Å². The van der Waals surface area contributed by atoms with Crippen LogP contribution in [0.15, 0.2) is 47.6 Å². The van der Waals surface area contributed by atoms with Crippen LogP contribution in [0.4, 0.5) is 0 Å². The van der Waals surface area contributed by atoms with E-state index >= 15 is 0 Å². The monoisotopic (exact) mass is 439 g/mol. The highest BCUT2D eigenvalue weighted by molar-refractivity contribution is 7.99. The molecular formula is C24H29N3O3S. The number of ether oxygens (including phenoxy) is 3. The van der Waals surface area contributed by atoms with Crippen LogP contribution < -0.4 is 9.47 Å². The Balaban J connectivity index is 1.67. The van der Waals surface area contributed by atoms with Gasteiger partial charge in [-0.3, -0.25) is 0 Å². The third-order valence-electron chi connectivity index (χ3n) is 5.65. The van der Waals surface area contributed by atoms with Crippen LogP contribution in [-0.2, 0) is 17.7 Å². The minimum absolute atomic E-state index is 0.397. The Hall–Kier alpha value is -2.51. The number of rotatable bonds is 9. The molecule has 31 heavy (non-hydrogen) atoms. The van der Waals surface area contributed by atoms with Crippen molar-refractivity contribution < 1.29 is 14.2 Å². The first-order valence-electron chi connectivity index (χ1n) is 10.6. The average Bonchev–Trinajstić information content (AvgIpc) is 3.21. The molecular weight excluding hydrogens is 410 g/mol. The largest absolute Gasteiger partial charge is 0.493 e. The summed E-state index contributed by atoms with van der Waals surface area (Å²) in [6.45, 7) is 1.49. The normalized spacial score (nSPS) is 15.5. The van der Waals surface area contributed by atoms with Gasteiger partial charge in [0, 0.05) is 31.1 Å². The molecule has 1 aromatic heterocycles. The van der Waals surface area contributed by atoms with Gasteiger partial charge >= 0.3 is 0 Å². The topological polar surface area (TPSA) is 58.4 Å². The van der Waals surface area contributed by atoms with Gasteiger partial charge in [0.25, 0.3) is 0 Å². The second-order valence-electron chi connectivity index (χ2n) is 7.57. The Morgan fingerprint density at radius 2 is 1.87 bits per heavy atom. The molecule has 0 radical (unpaired) electrons. The summed E-state index contributed by atoms with van der Waals surface area (Å²) >= 11 is 1.82. The highest BCUT2D eigenvalue weighted by Gasteiger charge is 2.24. The number of nitrogens with zero attached hydrogens (tertiary/aromatic N) is 3. The smallest absolute Gasteiger partial charge is 0.192 e. The van der Waals surface area contributed by atoms with Gasteiger partial charge in [0.2, 0.25) is 0 Å². The second-order valence-corrected chi connectivity index (χ2v) is 8.74. The third kappa shape index (κ3) is 4.72. The molecule has 0 spiro atoms. The first-order valence-corrected chi connectivity index (χ1v) is 11.5. The first-order chi connectivity index (χ1) is 15.2. The van der Waals surface area contributed by atoms with Crippen molar-refractivity contribution in [1.82, 2.24) is 14.8 Å². The van der Waals surface area contributed by atoms with Crippen molar-refractivity contribution in [2.75, 3.05) is 27.9 Å². The van der Waals surface area contributed by atoms with Crippen molar-refractivity contribution in [3.8, 4) is 22.9 Å². The van der Waals surface area contributed by atoms with Crippen molar-refractivity contribution in [2.24, 2.45) is 0 Å². The molecule has 0 amide bonds. The lowest BCUT2D eigenvalue weighted by atomic mass is 9.91. The van der Waals surface area contributed by atoms with Gasteiger partial charge in [0.15, 0.2) is 22.5 Å². The zero-order chi connectivity index (χ0) is 21.6. The number of methoxy groups -OCH3 is 3. The van der Waals surface area contributed by atoms with Crippen LogP contribution in [0, 0.1) is 0 Å². The van der Waals surface area contributed by atoms with E-state index in [2.05, 4.69) is 39.0 Å². The quantitative estimate of drug-likeness (QED) is 0.429. The predicted octanol–water partition coefficient (Wildman–Crippen LogP) is 5.17. The fourth-order valence-corrected chi connectivity index (χ4v) is 5.38. The van der Waals surface area contributed by atoms with Gasteiger partial charge in [-0.05, 0) is 55.0 Å². The zero-order valence-corrected chi connectivity index (χ0v) is 19.2. The number of benzene rings is 2. The van der Waals surface area contributed by atoms with E-state index in [9.17, 15) is 0 Å². The Labute approximate surface area is 187 Å². The van der Waals surface area contributed by atoms with E-state index in [0.717, 1.165) is 42.4 Å². The van der Waals surface area contributed by atoms with Crippen LogP contribution in [0.2, 0.25) is 0 Å². The summed E-state index contributed by atoms with van der Waals surface area (Å²) in [5.74, 6) is 2.22. The van der Waals surface area contributed by atoms with E-state index in [1.165, 1.54) is 17.5 Å². The summed E-state index contributed by atoms with van der Waals surface area (Å²) < 4.78 is 18.4. The third-order valence-corrected chi connectivity index (χ3v) is 6.94. The maximum Gasteiger partial charge on any atom is 0.192 e. The number of aryl methyl sites for hydroxylation is 1. The molecule has 3 aromatic rings. The molecule has 4 rings (SSSR count). The number of thioether (sulfide) groups is 1. The Morgan fingerprint density at radius 3 is 2.68 bits per heavy atom. The number of fused-ring (bicyclic) bond motifs is 1. The predicted molar refractivity (Wildman–Crippen MR) is 123 cm³/mol. The van der Waals surface area contributed by atoms with Crippen molar-refractivity contribution >= 4 is 11.8 Å². The highest BCUT2D eigenvalue weighted by atomic mass is 32.2. The van der Waals surface area contributed by atoms with Gasteiger partial charge < -0.3 is 18.8 Å². The summed E-state index contributed by atoms with van der Waals surface area (Å²) in [6, 6.07) is 14.6. The highest BCUT2D eigenvalue weighted by Crippen LogP contribution is 2.43. The molecule has 0 fully saturated rings. The summed E-state index contributed by atoms with van der Waals surface area (Å²) in [6.07, 6.45) is 4.40.